The Morgan fingerprint density at radius 2 is 2.05 bits per heavy atom. The number of anilines is 2. The quantitative estimate of drug-likeness (QED) is 0.707. The first-order valence-electron chi connectivity index (χ1n) is 7.03. The van der Waals surface area contributed by atoms with Gasteiger partial charge in [-0.15, -0.1) is 0 Å². The Kier molecular flexibility index (Phi) is 7.04. The van der Waals surface area contributed by atoms with Crippen molar-refractivity contribution in [2.45, 2.75) is 13.3 Å². The van der Waals surface area contributed by atoms with Crippen LogP contribution in [0.25, 0.3) is 0 Å². The predicted octanol–water partition coefficient (Wildman–Crippen LogP) is 1.48. The molecule has 0 aliphatic carbocycles. The summed E-state index contributed by atoms with van der Waals surface area (Å²) in [6, 6.07) is 7.24. The number of nitrogens with two attached hydrogens (primary N) is 1. The number of carbonyl (C=O) groups is 1. The summed E-state index contributed by atoms with van der Waals surface area (Å²) in [5.74, 6) is 0.00213. The number of nitrogen functional groups attached to an aromatic ring is 1. The molecule has 1 aromatic rings. The highest BCUT2D eigenvalue weighted by atomic mass is 16.2. The molecule has 0 spiro atoms. The molecule has 3 N–H and O–H groups in total. The topological polar surface area (TPSA) is 61.6 Å². The maximum Gasteiger partial charge on any atom is 0.238 e. The van der Waals surface area contributed by atoms with Gasteiger partial charge in [0.15, 0.2) is 0 Å². The van der Waals surface area contributed by atoms with Gasteiger partial charge in [0.1, 0.15) is 0 Å². The lowest BCUT2D eigenvalue weighted by Crippen LogP contribution is -2.34. The molecule has 0 bridgehead atoms. The smallest absolute Gasteiger partial charge is 0.238 e. The van der Waals surface area contributed by atoms with Crippen molar-refractivity contribution in [3.05, 3.63) is 24.3 Å². The fraction of sp³-hybridized carbons (Fsp3) is 0.533. The van der Waals surface area contributed by atoms with E-state index in [4.69, 9.17) is 5.73 Å². The van der Waals surface area contributed by atoms with Crippen LogP contribution in [0.5, 0.6) is 0 Å². The van der Waals surface area contributed by atoms with Crippen LogP contribution in [0.1, 0.15) is 13.3 Å². The molecule has 5 nitrogen and oxygen atoms in total. The first-order chi connectivity index (χ1) is 9.51. The summed E-state index contributed by atoms with van der Waals surface area (Å²) in [5, 5.41) is 2.88. The second kappa shape index (κ2) is 8.55. The van der Waals surface area contributed by atoms with E-state index in [1.807, 2.05) is 12.1 Å². The SMILES string of the molecule is CCN(CCCN(C)C)CC(=O)Nc1cccc(N)c1. The van der Waals surface area contributed by atoms with Crippen LogP contribution in [0.4, 0.5) is 11.4 Å². The molecule has 0 atom stereocenters. The van der Waals surface area contributed by atoms with Crippen molar-refractivity contribution in [1.82, 2.24) is 9.80 Å². The Balaban J connectivity index is 2.39. The average molecular weight is 278 g/mol. The summed E-state index contributed by atoms with van der Waals surface area (Å²) in [6.45, 7) is 5.33. The van der Waals surface area contributed by atoms with Crippen molar-refractivity contribution in [3.63, 3.8) is 0 Å². The minimum Gasteiger partial charge on any atom is -0.399 e. The summed E-state index contributed by atoms with van der Waals surface area (Å²) in [4.78, 5) is 16.3. The van der Waals surface area contributed by atoms with Crippen LogP contribution in [0.15, 0.2) is 24.3 Å². The number of hydrogen-bond donors (Lipinski definition) is 2. The van der Waals surface area contributed by atoms with Crippen LogP contribution in [-0.4, -0.2) is 56.0 Å². The van der Waals surface area contributed by atoms with Crippen LogP contribution in [-0.2, 0) is 4.79 Å². The van der Waals surface area contributed by atoms with E-state index in [0.29, 0.717) is 12.2 Å². The zero-order valence-corrected chi connectivity index (χ0v) is 12.7. The lowest BCUT2D eigenvalue weighted by molar-refractivity contribution is -0.117. The van der Waals surface area contributed by atoms with Crippen molar-refractivity contribution in [3.8, 4) is 0 Å². The third-order valence-electron chi connectivity index (χ3n) is 3.06. The Hall–Kier alpha value is -1.59. The Bertz CT molecular complexity index is 420. The molecule has 0 aliphatic heterocycles. The third-order valence-corrected chi connectivity index (χ3v) is 3.06. The van der Waals surface area contributed by atoms with Crippen LogP contribution in [0.3, 0.4) is 0 Å². The summed E-state index contributed by atoms with van der Waals surface area (Å²) in [6.07, 6.45) is 1.06. The summed E-state index contributed by atoms with van der Waals surface area (Å²) in [7, 11) is 4.12. The van der Waals surface area contributed by atoms with Gasteiger partial charge in [-0.05, 0) is 58.3 Å². The number of nitrogens with one attached hydrogen (secondary N) is 1. The van der Waals surface area contributed by atoms with E-state index >= 15 is 0 Å². The standard InChI is InChI=1S/C15H26N4O/c1-4-19(10-6-9-18(2)3)12-15(20)17-14-8-5-7-13(16)11-14/h5,7-8,11H,4,6,9-10,12,16H2,1-3H3,(H,17,20). The molecule has 20 heavy (non-hydrogen) atoms. The maximum absolute atomic E-state index is 12.0. The zero-order chi connectivity index (χ0) is 15.0. The van der Waals surface area contributed by atoms with E-state index in [0.717, 1.165) is 31.7 Å². The van der Waals surface area contributed by atoms with Gasteiger partial charge < -0.3 is 16.0 Å². The maximum atomic E-state index is 12.0. The molecule has 0 radical (unpaired) electrons. The zero-order valence-electron chi connectivity index (χ0n) is 12.7. The van der Waals surface area contributed by atoms with Crippen molar-refractivity contribution in [1.29, 1.82) is 0 Å². The summed E-state index contributed by atoms with van der Waals surface area (Å²) < 4.78 is 0. The highest BCUT2D eigenvalue weighted by Gasteiger charge is 2.09. The number of nitrogens with zero attached hydrogens (tertiary/aromatic N) is 2. The number of amides is 1. The number of rotatable bonds is 8. The molecule has 0 unspecified atom stereocenters. The van der Waals surface area contributed by atoms with Crippen molar-refractivity contribution in [2.24, 2.45) is 0 Å². The van der Waals surface area contributed by atoms with Gasteiger partial charge in [0, 0.05) is 11.4 Å². The molecule has 1 rings (SSSR count). The van der Waals surface area contributed by atoms with Crippen molar-refractivity contribution in [2.75, 3.05) is 51.3 Å². The highest BCUT2D eigenvalue weighted by Crippen LogP contribution is 2.11. The summed E-state index contributed by atoms with van der Waals surface area (Å²) >= 11 is 0. The van der Waals surface area contributed by atoms with E-state index in [-0.39, 0.29) is 5.91 Å². The number of likely N-dealkylation sites (N-methyl/N-ethyl adjacent to an activating group) is 1. The second-order valence-corrected chi connectivity index (χ2v) is 5.20. The molecule has 0 saturated carbocycles. The lowest BCUT2D eigenvalue weighted by atomic mass is 10.3. The fourth-order valence-corrected chi connectivity index (χ4v) is 1.98. The monoisotopic (exact) mass is 278 g/mol. The van der Waals surface area contributed by atoms with Gasteiger partial charge in [-0.25, -0.2) is 0 Å². The van der Waals surface area contributed by atoms with Crippen molar-refractivity contribution >= 4 is 17.3 Å². The first kappa shape index (κ1) is 16.5. The minimum absolute atomic E-state index is 0.00213. The minimum atomic E-state index is 0.00213. The average Bonchev–Trinajstić information content (AvgIpc) is 2.37. The van der Waals surface area contributed by atoms with Gasteiger partial charge in [0.05, 0.1) is 6.54 Å². The van der Waals surface area contributed by atoms with E-state index in [1.165, 1.54) is 0 Å². The molecule has 1 amide bonds. The van der Waals surface area contributed by atoms with Crippen LogP contribution >= 0.6 is 0 Å². The van der Waals surface area contributed by atoms with Gasteiger partial charge in [0.25, 0.3) is 0 Å². The van der Waals surface area contributed by atoms with Gasteiger partial charge in [-0.3, -0.25) is 9.69 Å². The van der Waals surface area contributed by atoms with E-state index in [1.54, 1.807) is 12.1 Å². The fourth-order valence-electron chi connectivity index (χ4n) is 1.98. The molecule has 112 valence electrons. The number of benzene rings is 1. The van der Waals surface area contributed by atoms with Gasteiger partial charge in [-0.2, -0.15) is 0 Å². The molecule has 1 aromatic carbocycles. The van der Waals surface area contributed by atoms with Crippen LogP contribution in [0.2, 0.25) is 0 Å². The van der Waals surface area contributed by atoms with Crippen LogP contribution < -0.4 is 11.1 Å². The predicted molar refractivity (Wildman–Crippen MR) is 84.8 cm³/mol. The van der Waals surface area contributed by atoms with Crippen LogP contribution in [0, 0.1) is 0 Å². The normalized spacial score (nSPS) is 11.1. The number of carbonyl (C=O) groups excluding carboxylic acids is 1. The Morgan fingerprint density at radius 1 is 1.30 bits per heavy atom. The second-order valence-electron chi connectivity index (χ2n) is 5.20. The van der Waals surface area contributed by atoms with Gasteiger partial charge in [-0.1, -0.05) is 13.0 Å². The van der Waals surface area contributed by atoms with Gasteiger partial charge in [0.2, 0.25) is 5.91 Å². The molecular weight excluding hydrogens is 252 g/mol. The molecule has 0 fully saturated rings. The first-order valence-corrected chi connectivity index (χ1v) is 7.03. The highest BCUT2D eigenvalue weighted by molar-refractivity contribution is 5.92. The molecule has 0 aliphatic rings. The Labute approximate surface area is 121 Å². The number of hydrogen-bond acceptors (Lipinski definition) is 4. The van der Waals surface area contributed by atoms with E-state index in [2.05, 4.69) is 36.1 Å². The molecular formula is C15H26N4O. The summed E-state index contributed by atoms with van der Waals surface area (Å²) in [5.41, 5.74) is 7.09. The molecule has 0 aromatic heterocycles. The molecule has 0 saturated heterocycles. The molecule has 5 heteroatoms. The molecule has 0 heterocycles. The van der Waals surface area contributed by atoms with E-state index in [9.17, 15) is 4.79 Å². The largest absolute Gasteiger partial charge is 0.399 e. The third kappa shape index (κ3) is 6.54. The van der Waals surface area contributed by atoms with E-state index < -0.39 is 0 Å². The Morgan fingerprint density at radius 3 is 2.65 bits per heavy atom. The van der Waals surface area contributed by atoms with Gasteiger partial charge >= 0.3 is 0 Å². The van der Waals surface area contributed by atoms with Crippen molar-refractivity contribution < 1.29 is 4.79 Å². The lowest BCUT2D eigenvalue weighted by Gasteiger charge is -2.20.